The maximum Gasteiger partial charge on any atom is 0.184 e. The summed E-state index contributed by atoms with van der Waals surface area (Å²) in [4.78, 5) is 16.5. The van der Waals surface area contributed by atoms with Crippen LogP contribution in [0.15, 0.2) is 53.1 Å². The van der Waals surface area contributed by atoms with Gasteiger partial charge in [-0.15, -0.1) is 0 Å². The van der Waals surface area contributed by atoms with Gasteiger partial charge in [0.15, 0.2) is 5.78 Å². The summed E-state index contributed by atoms with van der Waals surface area (Å²) in [5.41, 5.74) is 1.71. The normalized spacial score (nSPS) is 20.8. The third kappa shape index (κ3) is 3.57. The van der Waals surface area contributed by atoms with Crippen LogP contribution >= 0.6 is 15.9 Å². The second kappa shape index (κ2) is 6.50. The van der Waals surface area contributed by atoms with E-state index < -0.39 is 0 Å². The quantitative estimate of drug-likeness (QED) is 0.606. The van der Waals surface area contributed by atoms with Crippen LogP contribution in [0.2, 0.25) is 0 Å². The molecular formula is C17H16BrNO2. The van der Waals surface area contributed by atoms with Crippen molar-refractivity contribution in [3.8, 4) is 0 Å². The van der Waals surface area contributed by atoms with E-state index in [9.17, 15) is 4.79 Å². The first-order valence-electron chi connectivity index (χ1n) is 7.04. The summed E-state index contributed by atoms with van der Waals surface area (Å²) in [6.07, 6.45) is 1.77. The monoisotopic (exact) mass is 345 g/mol. The maximum atomic E-state index is 12.3. The number of carbonyl (C=O) groups excluding carboxylic acids is 1. The number of ether oxygens (including phenoxy) is 1. The lowest BCUT2D eigenvalue weighted by atomic mass is 9.78. The van der Waals surface area contributed by atoms with Crippen molar-refractivity contribution >= 4 is 21.7 Å². The lowest BCUT2D eigenvalue weighted by Crippen LogP contribution is -2.36. The van der Waals surface area contributed by atoms with Gasteiger partial charge in [0.2, 0.25) is 0 Å². The summed E-state index contributed by atoms with van der Waals surface area (Å²) >= 11 is 3.29. The fourth-order valence-electron chi connectivity index (χ4n) is 2.46. The average molecular weight is 346 g/mol. The van der Waals surface area contributed by atoms with Crippen LogP contribution < -0.4 is 0 Å². The third-order valence-electron chi connectivity index (χ3n) is 3.76. The minimum atomic E-state index is 0.0487. The van der Waals surface area contributed by atoms with Crippen molar-refractivity contribution in [2.24, 2.45) is 5.92 Å². The van der Waals surface area contributed by atoms with Crippen molar-refractivity contribution < 1.29 is 9.53 Å². The zero-order chi connectivity index (χ0) is 14.7. The van der Waals surface area contributed by atoms with Crippen molar-refractivity contribution in [1.29, 1.82) is 0 Å². The van der Waals surface area contributed by atoms with Crippen LogP contribution in [-0.2, 0) is 11.3 Å². The van der Waals surface area contributed by atoms with Crippen LogP contribution in [0.5, 0.6) is 0 Å². The number of ketones is 1. The van der Waals surface area contributed by atoms with E-state index in [-0.39, 0.29) is 17.8 Å². The highest BCUT2D eigenvalue weighted by atomic mass is 79.9. The van der Waals surface area contributed by atoms with E-state index in [1.54, 1.807) is 6.07 Å². The molecule has 0 aliphatic heterocycles. The van der Waals surface area contributed by atoms with E-state index >= 15 is 0 Å². The van der Waals surface area contributed by atoms with E-state index in [1.807, 2.05) is 42.5 Å². The highest BCUT2D eigenvalue weighted by molar-refractivity contribution is 9.10. The number of nitrogens with zero attached hydrogens (tertiary/aromatic N) is 1. The molecule has 2 aromatic rings. The molecule has 1 fully saturated rings. The zero-order valence-corrected chi connectivity index (χ0v) is 13.1. The van der Waals surface area contributed by atoms with E-state index in [1.165, 1.54) is 5.56 Å². The average Bonchev–Trinajstić information content (AvgIpc) is 2.46. The van der Waals surface area contributed by atoms with Gasteiger partial charge in [-0.3, -0.25) is 4.79 Å². The molecule has 0 radical (unpaired) electrons. The molecular weight excluding hydrogens is 330 g/mol. The van der Waals surface area contributed by atoms with E-state index in [4.69, 9.17) is 4.74 Å². The van der Waals surface area contributed by atoms with Gasteiger partial charge in [-0.05, 0) is 46.5 Å². The third-order valence-corrected chi connectivity index (χ3v) is 4.20. The Morgan fingerprint density at radius 1 is 1.14 bits per heavy atom. The Morgan fingerprint density at radius 3 is 2.62 bits per heavy atom. The lowest BCUT2D eigenvalue weighted by Gasteiger charge is -2.33. The molecule has 3 rings (SSSR count). The molecule has 0 spiro atoms. The molecule has 0 bridgehead atoms. The van der Waals surface area contributed by atoms with Gasteiger partial charge in [-0.2, -0.15) is 0 Å². The van der Waals surface area contributed by atoms with E-state index in [2.05, 4.69) is 20.9 Å². The number of hydrogen-bond donors (Lipinski definition) is 0. The number of hydrogen-bond acceptors (Lipinski definition) is 3. The minimum absolute atomic E-state index is 0.0487. The van der Waals surface area contributed by atoms with Crippen molar-refractivity contribution in [1.82, 2.24) is 4.98 Å². The fourth-order valence-corrected chi connectivity index (χ4v) is 2.80. The van der Waals surface area contributed by atoms with Crippen LogP contribution in [0.3, 0.4) is 0 Å². The van der Waals surface area contributed by atoms with Gasteiger partial charge in [0.25, 0.3) is 0 Å². The van der Waals surface area contributed by atoms with Crippen LogP contribution in [0.25, 0.3) is 0 Å². The molecule has 0 atom stereocenters. The molecule has 0 amide bonds. The zero-order valence-electron chi connectivity index (χ0n) is 11.5. The van der Waals surface area contributed by atoms with Gasteiger partial charge in [0.05, 0.1) is 12.7 Å². The van der Waals surface area contributed by atoms with Crippen LogP contribution in [0, 0.1) is 5.92 Å². The number of carbonyl (C=O) groups is 1. The predicted octanol–water partition coefficient (Wildman–Crippen LogP) is 4.02. The van der Waals surface area contributed by atoms with E-state index in [0.29, 0.717) is 16.9 Å². The largest absolute Gasteiger partial charge is 0.373 e. The molecule has 21 heavy (non-hydrogen) atoms. The molecule has 1 aromatic carbocycles. The first kappa shape index (κ1) is 14.4. The summed E-state index contributed by atoms with van der Waals surface area (Å²) in [6, 6.07) is 15.5. The molecule has 1 aromatic heterocycles. The topological polar surface area (TPSA) is 39.2 Å². The molecule has 4 heteroatoms. The molecule has 0 saturated heterocycles. The standard InChI is InChI=1S/C17H16BrNO2/c18-16-8-4-7-15(19-16)17(20)13-9-14(10-13)21-11-12-5-2-1-3-6-12/h1-8,13-14H,9-11H2. The van der Waals surface area contributed by atoms with Crippen molar-refractivity contribution in [3.63, 3.8) is 0 Å². The smallest absolute Gasteiger partial charge is 0.184 e. The summed E-state index contributed by atoms with van der Waals surface area (Å²) < 4.78 is 6.52. The lowest BCUT2D eigenvalue weighted by molar-refractivity contribution is -0.0332. The summed E-state index contributed by atoms with van der Waals surface area (Å²) in [5, 5.41) is 0. The Bertz CT molecular complexity index is 624. The minimum Gasteiger partial charge on any atom is -0.373 e. The Morgan fingerprint density at radius 2 is 1.90 bits per heavy atom. The second-order valence-corrected chi connectivity index (χ2v) is 6.11. The Hall–Kier alpha value is -1.52. The summed E-state index contributed by atoms with van der Waals surface area (Å²) in [6.45, 7) is 0.613. The van der Waals surface area contributed by atoms with Crippen molar-refractivity contribution in [2.45, 2.75) is 25.6 Å². The first-order chi connectivity index (χ1) is 10.2. The molecule has 1 aliphatic rings. The van der Waals surface area contributed by atoms with Gasteiger partial charge >= 0.3 is 0 Å². The Labute approximate surface area is 132 Å². The Balaban J connectivity index is 1.48. The molecule has 1 heterocycles. The van der Waals surface area contributed by atoms with Gasteiger partial charge in [-0.1, -0.05) is 36.4 Å². The number of aromatic nitrogens is 1. The first-order valence-corrected chi connectivity index (χ1v) is 7.84. The molecule has 108 valence electrons. The molecule has 0 unspecified atom stereocenters. The fraction of sp³-hybridized carbons (Fsp3) is 0.294. The highest BCUT2D eigenvalue weighted by Crippen LogP contribution is 2.33. The van der Waals surface area contributed by atoms with Gasteiger partial charge in [0, 0.05) is 5.92 Å². The van der Waals surface area contributed by atoms with Crippen LogP contribution in [0.4, 0.5) is 0 Å². The number of halogens is 1. The maximum absolute atomic E-state index is 12.3. The SMILES string of the molecule is O=C(c1cccc(Br)n1)C1CC(OCc2ccccc2)C1. The number of Topliss-reactive ketones (excluding diaryl/α,β-unsaturated/α-hetero) is 1. The number of pyridine rings is 1. The van der Waals surface area contributed by atoms with Crippen molar-refractivity contribution in [2.75, 3.05) is 0 Å². The van der Waals surface area contributed by atoms with Crippen LogP contribution in [0.1, 0.15) is 28.9 Å². The highest BCUT2D eigenvalue weighted by Gasteiger charge is 2.36. The van der Waals surface area contributed by atoms with Gasteiger partial charge in [0.1, 0.15) is 10.3 Å². The van der Waals surface area contributed by atoms with Gasteiger partial charge in [-0.25, -0.2) is 4.98 Å². The molecule has 1 aliphatic carbocycles. The molecule has 0 N–H and O–H groups in total. The molecule has 1 saturated carbocycles. The predicted molar refractivity (Wildman–Crippen MR) is 84.0 cm³/mol. The van der Waals surface area contributed by atoms with Gasteiger partial charge < -0.3 is 4.74 Å². The second-order valence-electron chi connectivity index (χ2n) is 5.30. The number of benzene rings is 1. The van der Waals surface area contributed by atoms with E-state index in [0.717, 1.165) is 12.8 Å². The number of rotatable bonds is 5. The Kier molecular flexibility index (Phi) is 4.46. The van der Waals surface area contributed by atoms with Crippen LogP contribution in [-0.4, -0.2) is 16.9 Å². The summed E-state index contributed by atoms with van der Waals surface area (Å²) in [7, 11) is 0. The summed E-state index contributed by atoms with van der Waals surface area (Å²) in [5.74, 6) is 0.170. The van der Waals surface area contributed by atoms with Crippen molar-refractivity contribution in [3.05, 3.63) is 64.4 Å². The molecule has 3 nitrogen and oxygen atoms in total.